The van der Waals surface area contributed by atoms with Gasteiger partial charge in [0.15, 0.2) is 6.10 Å². The lowest BCUT2D eigenvalue weighted by molar-refractivity contribution is -0.870. The maximum atomic E-state index is 12.9. The van der Waals surface area contributed by atoms with E-state index in [0.29, 0.717) is 17.4 Å². The number of hydrogen-bond acceptors (Lipinski definition) is 7. The lowest BCUT2D eigenvalue weighted by atomic mass is 10.1. The van der Waals surface area contributed by atoms with Gasteiger partial charge in [0.1, 0.15) is 13.2 Å². The largest absolute Gasteiger partial charge is 0.477 e. The van der Waals surface area contributed by atoms with E-state index in [1.165, 1.54) is 109 Å². The molecule has 0 saturated carbocycles. The van der Waals surface area contributed by atoms with Crippen LogP contribution in [0, 0.1) is 0 Å². The predicted octanol–water partition coefficient (Wildman–Crippen LogP) is 17.3. The van der Waals surface area contributed by atoms with E-state index in [2.05, 4.69) is 111 Å². The molecule has 0 aromatic heterocycles. The Bertz CT molecular complexity index is 1520. The average molecular weight is 1020 g/mol. The molecule has 73 heavy (non-hydrogen) atoms. The maximum Gasteiger partial charge on any atom is 0.361 e. The molecule has 0 amide bonds. The van der Waals surface area contributed by atoms with Gasteiger partial charge in [-0.15, -0.1) is 0 Å². The van der Waals surface area contributed by atoms with Gasteiger partial charge in [0.25, 0.3) is 6.29 Å². The second-order valence-corrected chi connectivity index (χ2v) is 20.6. The van der Waals surface area contributed by atoms with Crippen LogP contribution in [0.3, 0.4) is 0 Å². The number of esters is 2. The number of allylic oxidation sites excluding steroid dienone is 16. The van der Waals surface area contributed by atoms with E-state index in [1.54, 1.807) is 0 Å². The first-order valence-electron chi connectivity index (χ1n) is 29.4. The summed E-state index contributed by atoms with van der Waals surface area (Å²) in [5, 5.41) is 9.71. The van der Waals surface area contributed by atoms with E-state index >= 15 is 0 Å². The van der Waals surface area contributed by atoms with Crippen molar-refractivity contribution in [1.29, 1.82) is 0 Å². The van der Waals surface area contributed by atoms with Crippen LogP contribution in [-0.4, -0.2) is 87.4 Å². The highest BCUT2D eigenvalue weighted by molar-refractivity contribution is 5.71. The molecule has 9 heteroatoms. The molecule has 0 aromatic carbocycles. The lowest BCUT2D eigenvalue weighted by Gasteiger charge is -2.25. The summed E-state index contributed by atoms with van der Waals surface area (Å²) in [6.07, 6.45) is 70.5. The van der Waals surface area contributed by atoms with Crippen LogP contribution in [0.15, 0.2) is 97.2 Å². The number of ether oxygens (including phenoxy) is 4. The van der Waals surface area contributed by atoms with Crippen LogP contribution in [0.5, 0.6) is 0 Å². The van der Waals surface area contributed by atoms with Crippen molar-refractivity contribution in [2.75, 3.05) is 47.5 Å². The van der Waals surface area contributed by atoms with Gasteiger partial charge in [-0.25, -0.2) is 4.79 Å². The van der Waals surface area contributed by atoms with Crippen LogP contribution in [0.4, 0.5) is 0 Å². The molecule has 0 fully saturated rings. The van der Waals surface area contributed by atoms with Gasteiger partial charge < -0.3 is 28.5 Å². The van der Waals surface area contributed by atoms with Crippen LogP contribution in [0.2, 0.25) is 0 Å². The van der Waals surface area contributed by atoms with Gasteiger partial charge in [-0.3, -0.25) is 9.59 Å². The fourth-order valence-corrected chi connectivity index (χ4v) is 7.81. The zero-order chi connectivity index (χ0) is 53.4. The van der Waals surface area contributed by atoms with Crippen molar-refractivity contribution in [1.82, 2.24) is 0 Å². The first-order chi connectivity index (χ1) is 35.6. The molecular formula is C64H110NO8+. The number of quaternary nitrogens is 1. The van der Waals surface area contributed by atoms with Gasteiger partial charge in [0.05, 0.1) is 34.4 Å². The summed E-state index contributed by atoms with van der Waals surface area (Å²) in [4.78, 5) is 37.5. The van der Waals surface area contributed by atoms with E-state index in [4.69, 9.17) is 18.9 Å². The minimum absolute atomic E-state index is 0.180. The molecular weight excluding hydrogens is 911 g/mol. The molecule has 0 radical (unpaired) electrons. The van der Waals surface area contributed by atoms with E-state index < -0.39 is 24.3 Å². The van der Waals surface area contributed by atoms with Crippen molar-refractivity contribution in [3.05, 3.63) is 97.2 Å². The fourth-order valence-electron chi connectivity index (χ4n) is 7.81. The Hall–Kier alpha value is -3.79. The summed E-state index contributed by atoms with van der Waals surface area (Å²) in [6.45, 7) is 4.73. The molecule has 0 saturated heterocycles. The minimum atomic E-state index is -1.52. The molecule has 0 aromatic rings. The highest BCUT2D eigenvalue weighted by Gasteiger charge is 2.25. The van der Waals surface area contributed by atoms with Crippen LogP contribution in [0.1, 0.15) is 232 Å². The van der Waals surface area contributed by atoms with Crippen LogP contribution < -0.4 is 0 Å². The average Bonchev–Trinajstić information content (AvgIpc) is 3.36. The zero-order valence-corrected chi connectivity index (χ0v) is 47.5. The minimum Gasteiger partial charge on any atom is -0.477 e. The maximum absolute atomic E-state index is 12.9. The van der Waals surface area contributed by atoms with Gasteiger partial charge in [0, 0.05) is 12.8 Å². The number of carbonyl (C=O) groups is 3. The monoisotopic (exact) mass is 1020 g/mol. The predicted molar refractivity (Wildman–Crippen MR) is 309 cm³/mol. The van der Waals surface area contributed by atoms with E-state index in [0.717, 1.165) is 89.9 Å². The molecule has 0 aliphatic carbocycles. The first kappa shape index (κ1) is 69.2. The van der Waals surface area contributed by atoms with Crippen LogP contribution in [0.25, 0.3) is 0 Å². The number of likely N-dealkylation sites (N-methyl/N-ethyl adjacent to an activating group) is 1. The summed E-state index contributed by atoms with van der Waals surface area (Å²) in [6, 6.07) is 0. The molecule has 1 N–H and O–H groups in total. The molecule has 0 aliphatic rings. The second-order valence-electron chi connectivity index (χ2n) is 20.6. The van der Waals surface area contributed by atoms with Crippen LogP contribution in [-0.2, 0) is 33.3 Å². The number of carboxylic acids is 1. The molecule has 0 bridgehead atoms. The Morgan fingerprint density at radius 1 is 0.425 bits per heavy atom. The third kappa shape index (κ3) is 55.8. The highest BCUT2D eigenvalue weighted by Crippen LogP contribution is 2.15. The Balaban J connectivity index is 4.30. The van der Waals surface area contributed by atoms with Crippen molar-refractivity contribution < 1.29 is 42.9 Å². The Kier molecular flexibility index (Phi) is 51.6. The molecule has 2 atom stereocenters. The molecule has 9 nitrogen and oxygen atoms in total. The molecule has 0 rings (SSSR count). The fraction of sp³-hybridized carbons (Fsp3) is 0.703. The Morgan fingerprint density at radius 2 is 0.781 bits per heavy atom. The van der Waals surface area contributed by atoms with Gasteiger partial charge in [0.2, 0.25) is 0 Å². The number of unbranched alkanes of at least 4 members (excludes halogenated alkanes) is 22. The molecule has 2 unspecified atom stereocenters. The zero-order valence-electron chi connectivity index (χ0n) is 47.5. The molecule has 0 spiro atoms. The number of rotatable bonds is 53. The number of carboxylic acid groups (broad SMARTS) is 1. The summed E-state index contributed by atoms with van der Waals surface area (Å²) >= 11 is 0. The third-order valence-corrected chi connectivity index (χ3v) is 12.3. The Morgan fingerprint density at radius 3 is 1.16 bits per heavy atom. The highest BCUT2D eigenvalue weighted by atomic mass is 16.7. The van der Waals surface area contributed by atoms with Crippen molar-refractivity contribution in [2.45, 2.75) is 245 Å². The number of aliphatic carboxylic acids is 1. The van der Waals surface area contributed by atoms with Gasteiger partial charge in [-0.05, 0) is 96.3 Å². The normalized spacial score (nSPS) is 13.5. The summed E-state index contributed by atoms with van der Waals surface area (Å²) in [5.41, 5.74) is 0. The Labute approximate surface area is 448 Å². The molecule has 0 aliphatic heterocycles. The van der Waals surface area contributed by atoms with Gasteiger partial charge in [-0.2, -0.15) is 0 Å². The number of nitrogens with zero attached hydrogens (tertiary/aromatic N) is 1. The van der Waals surface area contributed by atoms with E-state index in [9.17, 15) is 19.5 Å². The van der Waals surface area contributed by atoms with Crippen molar-refractivity contribution in [3.8, 4) is 0 Å². The van der Waals surface area contributed by atoms with Crippen LogP contribution >= 0.6 is 0 Å². The lowest BCUT2D eigenvalue weighted by Crippen LogP contribution is -2.40. The smallest absolute Gasteiger partial charge is 0.361 e. The van der Waals surface area contributed by atoms with E-state index in [-0.39, 0.29) is 38.6 Å². The van der Waals surface area contributed by atoms with Crippen molar-refractivity contribution >= 4 is 17.9 Å². The number of carbonyl (C=O) groups excluding carboxylic acids is 2. The van der Waals surface area contributed by atoms with Crippen molar-refractivity contribution in [3.63, 3.8) is 0 Å². The SMILES string of the molecule is CC/C=C\C/C=C\C/C=C\C/C=C\C/C=C\CCCCCCCCCC(=O)OC(COC(=O)CCCCCCCCCCCC/C=C\C/C=C\C/C=C\CCCCCCC)COC(OCC[N+](C)(C)C)C(=O)O. The molecule has 0 heterocycles. The topological polar surface area (TPSA) is 108 Å². The van der Waals surface area contributed by atoms with E-state index in [1.807, 2.05) is 21.1 Å². The first-order valence-corrected chi connectivity index (χ1v) is 29.4. The third-order valence-electron chi connectivity index (χ3n) is 12.3. The summed E-state index contributed by atoms with van der Waals surface area (Å²) in [7, 11) is 5.96. The molecule has 418 valence electrons. The van der Waals surface area contributed by atoms with Gasteiger partial charge >= 0.3 is 17.9 Å². The standard InChI is InChI=1S/C64H109NO8/c1-6-8-10-12-14-16-18-20-22-24-26-28-30-31-33-34-36-38-40-42-44-46-48-50-52-54-61(66)71-58-60(59-72-64(63(68)69)70-57-56-65(3,4)5)73-62(67)55-53-51-49-47-45-43-41-39-37-35-32-29-27-25-23-21-19-17-15-13-11-9-7-2/h9,11,15,17-18,20-21,23-24,26-27,29-31,35,37,60,64H,6-8,10,12-14,16,19,22,25,28,32-34,36,38-59H2,1-5H3/p+1/b11-9-,17-15-,20-18-,23-21-,26-24-,29-27-,31-30-,37-35-. The summed E-state index contributed by atoms with van der Waals surface area (Å²) in [5.74, 6) is -2.03. The summed E-state index contributed by atoms with van der Waals surface area (Å²) < 4.78 is 22.9. The van der Waals surface area contributed by atoms with Crippen molar-refractivity contribution in [2.24, 2.45) is 0 Å². The quantitative estimate of drug-likeness (QED) is 0.0211. The van der Waals surface area contributed by atoms with Gasteiger partial charge in [-0.1, -0.05) is 220 Å². The number of hydrogen-bond donors (Lipinski definition) is 1. The second kappa shape index (κ2) is 54.5.